The first-order valence-corrected chi connectivity index (χ1v) is 7.19. The molecule has 1 fully saturated rings. The Morgan fingerprint density at radius 1 is 1.20 bits per heavy atom. The summed E-state index contributed by atoms with van der Waals surface area (Å²) in [6, 6.07) is 7.26. The molecule has 0 bridgehead atoms. The summed E-state index contributed by atoms with van der Waals surface area (Å²) in [6.07, 6.45) is 2.01. The number of rotatable bonds is 3. The minimum atomic E-state index is -0.186. The Morgan fingerprint density at radius 2 is 1.85 bits per heavy atom. The largest absolute Gasteiger partial charge is 0.314 e. The summed E-state index contributed by atoms with van der Waals surface area (Å²) >= 11 is 0. The molecule has 0 radical (unpaired) electrons. The molecule has 2 aliphatic rings. The topological polar surface area (TPSA) is 52.6 Å². The normalized spacial score (nSPS) is 23.2. The third-order valence-electron chi connectivity index (χ3n) is 3.97. The number of nitrogens with one attached hydrogen (secondary N) is 1. The first-order chi connectivity index (χ1) is 9.74. The predicted octanol–water partition coefficient (Wildman–Crippen LogP) is 1.27. The summed E-state index contributed by atoms with van der Waals surface area (Å²) in [5.74, 6) is -0.373. The molecular weight excluding hydrogens is 254 g/mol. The number of hydrogen-bond acceptors (Lipinski definition) is 4. The first kappa shape index (κ1) is 13.3. The molecule has 20 heavy (non-hydrogen) atoms. The highest BCUT2D eigenvalue weighted by Crippen LogP contribution is 2.26. The van der Waals surface area contributed by atoms with E-state index in [0.29, 0.717) is 17.7 Å². The fourth-order valence-electron chi connectivity index (χ4n) is 3.01. The lowest BCUT2D eigenvalue weighted by atomic mass is 10.1. The molecule has 2 heterocycles. The molecule has 1 aromatic rings. The smallest absolute Gasteiger partial charge is 0.276 e. The van der Waals surface area contributed by atoms with Crippen LogP contribution in [0.2, 0.25) is 0 Å². The second kappa shape index (κ2) is 5.34. The molecule has 5 nitrogen and oxygen atoms in total. The second-order valence-corrected chi connectivity index (χ2v) is 5.28. The molecule has 0 aromatic heterocycles. The molecule has 0 aliphatic carbocycles. The van der Waals surface area contributed by atoms with Crippen LogP contribution < -0.4 is 5.32 Å². The standard InChI is InChI=1S/C15H19N3O2/c1-2-5-11-10-16-8-9-17(11)18-14(19)12-6-3-4-7-13(12)15(18)20/h3-4,6-7,11,16H,2,5,8-10H2,1H3. The predicted molar refractivity (Wildman–Crippen MR) is 75.2 cm³/mol. The number of carbonyl (C=O) groups is 2. The van der Waals surface area contributed by atoms with Gasteiger partial charge in [0, 0.05) is 25.7 Å². The Bertz CT molecular complexity index is 507. The average Bonchev–Trinajstić information content (AvgIpc) is 2.73. The molecule has 2 amide bonds. The lowest BCUT2D eigenvalue weighted by Crippen LogP contribution is -2.59. The van der Waals surface area contributed by atoms with E-state index in [0.717, 1.165) is 25.9 Å². The van der Waals surface area contributed by atoms with Crippen molar-refractivity contribution in [1.29, 1.82) is 0 Å². The van der Waals surface area contributed by atoms with Gasteiger partial charge in [0.05, 0.1) is 11.1 Å². The van der Waals surface area contributed by atoms with Crippen LogP contribution in [0.15, 0.2) is 24.3 Å². The van der Waals surface area contributed by atoms with Gasteiger partial charge < -0.3 is 5.32 Å². The van der Waals surface area contributed by atoms with Crippen molar-refractivity contribution in [3.8, 4) is 0 Å². The van der Waals surface area contributed by atoms with Gasteiger partial charge in [0.2, 0.25) is 0 Å². The van der Waals surface area contributed by atoms with Crippen LogP contribution in [0.25, 0.3) is 0 Å². The highest BCUT2D eigenvalue weighted by molar-refractivity contribution is 6.20. The number of imide groups is 1. The molecule has 106 valence electrons. The van der Waals surface area contributed by atoms with Crippen molar-refractivity contribution in [2.75, 3.05) is 19.6 Å². The molecule has 0 saturated carbocycles. The SMILES string of the molecule is CCCC1CNCCN1N1C(=O)c2ccccc2C1=O. The Balaban J connectivity index is 1.91. The molecule has 1 N–H and O–H groups in total. The van der Waals surface area contributed by atoms with Crippen LogP contribution in [0, 0.1) is 0 Å². The maximum absolute atomic E-state index is 12.5. The molecule has 1 aromatic carbocycles. The van der Waals surface area contributed by atoms with Gasteiger partial charge in [0.25, 0.3) is 11.8 Å². The maximum Gasteiger partial charge on any atom is 0.276 e. The van der Waals surface area contributed by atoms with Crippen LogP contribution in [0.3, 0.4) is 0 Å². The van der Waals surface area contributed by atoms with Crippen molar-refractivity contribution in [1.82, 2.24) is 15.3 Å². The molecular formula is C15H19N3O2. The maximum atomic E-state index is 12.5. The van der Waals surface area contributed by atoms with Crippen molar-refractivity contribution in [2.24, 2.45) is 0 Å². The lowest BCUT2D eigenvalue weighted by Gasteiger charge is -2.40. The van der Waals surface area contributed by atoms with E-state index >= 15 is 0 Å². The van der Waals surface area contributed by atoms with Gasteiger partial charge in [-0.15, -0.1) is 0 Å². The van der Waals surface area contributed by atoms with Gasteiger partial charge in [-0.1, -0.05) is 25.5 Å². The number of benzene rings is 1. The number of nitrogens with zero attached hydrogens (tertiary/aromatic N) is 2. The Morgan fingerprint density at radius 3 is 2.45 bits per heavy atom. The van der Waals surface area contributed by atoms with E-state index in [2.05, 4.69) is 12.2 Å². The van der Waals surface area contributed by atoms with E-state index in [4.69, 9.17) is 0 Å². The van der Waals surface area contributed by atoms with Crippen LogP contribution >= 0.6 is 0 Å². The third kappa shape index (κ3) is 2.03. The summed E-state index contributed by atoms with van der Waals surface area (Å²) in [7, 11) is 0. The molecule has 0 spiro atoms. The fourth-order valence-corrected chi connectivity index (χ4v) is 3.01. The van der Waals surface area contributed by atoms with Gasteiger partial charge in [0.15, 0.2) is 0 Å². The Labute approximate surface area is 118 Å². The number of hydrogen-bond donors (Lipinski definition) is 1. The highest BCUT2D eigenvalue weighted by atomic mass is 16.2. The summed E-state index contributed by atoms with van der Waals surface area (Å²) in [6.45, 7) is 4.43. The monoisotopic (exact) mass is 273 g/mol. The molecule has 2 aliphatic heterocycles. The highest BCUT2D eigenvalue weighted by Gasteiger charge is 2.41. The molecule has 5 heteroatoms. The molecule has 3 rings (SSSR count). The average molecular weight is 273 g/mol. The summed E-state index contributed by atoms with van der Waals surface area (Å²) in [5, 5.41) is 6.64. The van der Waals surface area contributed by atoms with E-state index in [1.54, 1.807) is 24.3 Å². The van der Waals surface area contributed by atoms with Crippen LogP contribution in [0.1, 0.15) is 40.5 Å². The van der Waals surface area contributed by atoms with Gasteiger partial charge in [0.1, 0.15) is 0 Å². The zero-order chi connectivity index (χ0) is 14.1. The van der Waals surface area contributed by atoms with Crippen LogP contribution in [-0.2, 0) is 0 Å². The van der Waals surface area contributed by atoms with Gasteiger partial charge in [-0.25, -0.2) is 10.0 Å². The third-order valence-corrected chi connectivity index (χ3v) is 3.97. The zero-order valence-electron chi connectivity index (χ0n) is 11.6. The van der Waals surface area contributed by atoms with E-state index in [1.165, 1.54) is 5.01 Å². The lowest BCUT2D eigenvalue weighted by molar-refractivity contribution is -0.0316. The molecule has 1 saturated heterocycles. The van der Waals surface area contributed by atoms with Crippen molar-refractivity contribution in [3.05, 3.63) is 35.4 Å². The van der Waals surface area contributed by atoms with Crippen molar-refractivity contribution in [2.45, 2.75) is 25.8 Å². The van der Waals surface area contributed by atoms with Gasteiger partial charge >= 0.3 is 0 Å². The Kier molecular flexibility index (Phi) is 3.54. The molecule has 1 unspecified atom stereocenters. The van der Waals surface area contributed by atoms with E-state index < -0.39 is 0 Å². The van der Waals surface area contributed by atoms with Crippen LogP contribution in [0.4, 0.5) is 0 Å². The van der Waals surface area contributed by atoms with Gasteiger partial charge in [-0.05, 0) is 18.6 Å². The second-order valence-electron chi connectivity index (χ2n) is 5.28. The number of carbonyl (C=O) groups excluding carboxylic acids is 2. The summed E-state index contributed by atoms with van der Waals surface area (Å²) < 4.78 is 0. The van der Waals surface area contributed by atoms with Crippen molar-refractivity contribution < 1.29 is 9.59 Å². The summed E-state index contributed by atoms with van der Waals surface area (Å²) in [5.41, 5.74) is 1.04. The first-order valence-electron chi connectivity index (χ1n) is 7.19. The van der Waals surface area contributed by atoms with E-state index in [1.807, 2.05) is 5.01 Å². The van der Waals surface area contributed by atoms with E-state index in [9.17, 15) is 9.59 Å². The number of fused-ring (bicyclic) bond motifs is 1. The number of piperazine rings is 1. The molecule has 1 atom stereocenters. The fraction of sp³-hybridized carbons (Fsp3) is 0.467. The zero-order valence-corrected chi connectivity index (χ0v) is 11.6. The minimum Gasteiger partial charge on any atom is -0.314 e. The van der Waals surface area contributed by atoms with E-state index in [-0.39, 0.29) is 17.9 Å². The number of hydrazine groups is 1. The Hall–Kier alpha value is -1.72. The van der Waals surface area contributed by atoms with Crippen LogP contribution in [0.5, 0.6) is 0 Å². The summed E-state index contributed by atoms with van der Waals surface area (Å²) in [4.78, 5) is 25.0. The van der Waals surface area contributed by atoms with Crippen molar-refractivity contribution in [3.63, 3.8) is 0 Å². The van der Waals surface area contributed by atoms with Crippen molar-refractivity contribution >= 4 is 11.8 Å². The van der Waals surface area contributed by atoms with Crippen LogP contribution in [-0.4, -0.2) is 47.5 Å². The minimum absolute atomic E-state index is 0.186. The number of amides is 2. The van der Waals surface area contributed by atoms with Gasteiger partial charge in [-0.3, -0.25) is 9.59 Å². The van der Waals surface area contributed by atoms with Gasteiger partial charge in [-0.2, -0.15) is 0 Å². The quantitative estimate of drug-likeness (QED) is 0.843.